The van der Waals surface area contributed by atoms with E-state index in [2.05, 4.69) is 50.8 Å². The van der Waals surface area contributed by atoms with Crippen LogP contribution in [0, 0.1) is 5.92 Å². The van der Waals surface area contributed by atoms with E-state index in [1.807, 2.05) is 0 Å². The molecule has 0 fully saturated rings. The third-order valence-electron chi connectivity index (χ3n) is 3.28. The van der Waals surface area contributed by atoms with Crippen molar-refractivity contribution >= 4 is 5.57 Å². The fourth-order valence-electron chi connectivity index (χ4n) is 2.42. The standard InChI is InChI=1S/C15H18/c1-4-13-14(5-2)15(13)11(3)12-9-7-6-8-10-12/h6-10,15H,3-5H2,1-2H3. The molecule has 0 radical (unpaired) electrons. The first kappa shape index (κ1) is 10.2. The van der Waals surface area contributed by atoms with Crippen LogP contribution in [-0.4, -0.2) is 0 Å². The molecule has 0 heteroatoms. The summed E-state index contributed by atoms with van der Waals surface area (Å²) in [6.45, 7) is 8.72. The monoisotopic (exact) mass is 198 g/mol. The molecule has 1 aromatic carbocycles. The van der Waals surface area contributed by atoms with Crippen molar-refractivity contribution < 1.29 is 0 Å². The van der Waals surface area contributed by atoms with Crippen LogP contribution in [0.1, 0.15) is 32.3 Å². The third-order valence-corrected chi connectivity index (χ3v) is 3.28. The largest absolute Gasteiger partial charge is 0.0943 e. The summed E-state index contributed by atoms with van der Waals surface area (Å²) in [5.41, 5.74) is 5.80. The van der Waals surface area contributed by atoms with Gasteiger partial charge in [0.2, 0.25) is 0 Å². The topological polar surface area (TPSA) is 0 Å². The van der Waals surface area contributed by atoms with Crippen molar-refractivity contribution in [1.29, 1.82) is 0 Å². The van der Waals surface area contributed by atoms with Crippen LogP contribution >= 0.6 is 0 Å². The lowest BCUT2D eigenvalue weighted by molar-refractivity contribution is 1.02. The minimum absolute atomic E-state index is 0.586. The van der Waals surface area contributed by atoms with Crippen molar-refractivity contribution in [2.45, 2.75) is 26.7 Å². The van der Waals surface area contributed by atoms with Gasteiger partial charge in [0.25, 0.3) is 0 Å². The first-order valence-electron chi connectivity index (χ1n) is 5.75. The maximum Gasteiger partial charge on any atom is 0.0263 e. The van der Waals surface area contributed by atoms with Crippen LogP contribution in [0.25, 0.3) is 5.57 Å². The fourth-order valence-corrected chi connectivity index (χ4v) is 2.42. The average molecular weight is 198 g/mol. The van der Waals surface area contributed by atoms with Crippen molar-refractivity contribution in [3.63, 3.8) is 0 Å². The van der Waals surface area contributed by atoms with E-state index in [0.29, 0.717) is 5.92 Å². The summed E-state index contributed by atoms with van der Waals surface area (Å²) in [6.07, 6.45) is 2.36. The van der Waals surface area contributed by atoms with Gasteiger partial charge in [-0.25, -0.2) is 0 Å². The van der Waals surface area contributed by atoms with Gasteiger partial charge in [-0.1, -0.05) is 61.9 Å². The van der Waals surface area contributed by atoms with Gasteiger partial charge in [-0.15, -0.1) is 0 Å². The molecule has 0 heterocycles. The van der Waals surface area contributed by atoms with Gasteiger partial charge in [0.15, 0.2) is 0 Å². The molecule has 0 bridgehead atoms. The molecule has 0 saturated heterocycles. The zero-order chi connectivity index (χ0) is 10.8. The quantitative estimate of drug-likeness (QED) is 0.627. The summed E-state index contributed by atoms with van der Waals surface area (Å²) < 4.78 is 0. The SMILES string of the molecule is C=C(c1ccccc1)C1C(CC)=C1CC. The molecule has 0 amide bonds. The van der Waals surface area contributed by atoms with Gasteiger partial charge >= 0.3 is 0 Å². The highest BCUT2D eigenvalue weighted by Gasteiger charge is 2.35. The Morgan fingerprint density at radius 2 is 1.60 bits per heavy atom. The molecule has 0 spiro atoms. The Bertz CT molecular complexity index is 381. The lowest BCUT2D eigenvalue weighted by Crippen LogP contribution is -1.89. The van der Waals surface area contributed by atoms with Crippen molar-refractivity contribution in [2.24, 2.45) is 5.92 Å². The van der Waals surface area contributed by atoms with Gasteiger partial charge in [0.1, 0.15) is 0 Å². The zero-order valence-electron chi connectivity index (χ0n) is 9.59. The number of allylic oxidation sites excluding steroid dienone is 3. The van der Waals surface area contributed by atoms with Crippen LogP contribution < -0.4 is 0 Å². The van der Waals surface area contributed by atoms with E-state index in [4.69, 9.17) is 0 Å². The first-order valence-corrected chi connectivity index (χ1v) is 5.75. The van der Waals surface area contributed by atoms with E-state index < -0.39 is 0 Å². The van der Waals surface area contributed by atoms with E-state index in [1.54, 1.807) is 11.1 Å². The van der Waals surface area contributed by atoms with Crippen LogP contribution in [0.2, 0.25) is 0 Å². The van der Waals surface area contributed by atoms with Crippen LogP contribution in [0.5, 0.6) is 0 Å². The molecule has 15 heavy (non-hydrogen) atoms. The summed E-state index contributed by atoms with van der Waals surface area (Å²) in [4.78, 5) is 0. The second kappa shape index (κ2) is 4.06. The molecule has 0 nitrogen and oxygen atoms in total. The van der Waals surface area contributed by atoms with Gasteiger partial charge < -0.3 is 0 Å². The highest BCUT2D eigenvalue weighted by Crippen LogP contribution is 2.50. The molecule has 0 N–H and O–H groups in total. The number of hydrogen-bond acceptors (Lipinski definition) is 0. The second-order valence-corrected chi connectivity index (χ2v) is 4.08. The Balaban J connectivity index is 2.13. The molecule has 0 unspecified atom stereocenters. The van der Waals surface area contributed by atoms with Crippen LogP contribution in [0.3, 0.4) is 0 Å². The van der Waals surface area contributed by atoms with Gasteiger partial charge in [-0.05, 0) is 24.0 Å². The minimum atomic E-state index is 0.586. The van der Waals surface area contributed by atoms with Crippen molar-refractivity contribution in [3.05, 3.63) is 53.6 Å². The van der Waals surface area contributed by atoms with E-state index >= 15 is 0 Å². The summed E-state index contributed by atoms with van der Waals surface area (Å²) in [6, 6.07) is 10.5. The Kier molecular flexibility index (Phi) is 2.77. The molecule has 0 atom stereocenters. The van der Waals surface area contributed by atoms with E-state index in [0.717, 1.165) is 0 Å². The third kappa shape index (κ3) is 1.77. The van der Waals surface area contributed by atoms with Gasteiger partial charge in [0, 0.05) is 5.92 Å². The summed E-state index contributed by atoms with van der Waals surface area (Å²) in [5.74, 6) is 0.586. The van der Waals surface area contributed by atoms with Gasteiger partial charge in [-0.2, -0.15) is 0 Å². The average Bonchev–Trinajstić information content (AvgIpc) is 3.02. The highest BCUT2D eigenvalue weighted by molar-refractivity contribution is 5.76. The molecule has 1 aromatic rings. The molecule has 2 rings (SSSR count). The number of benzene rings is 1. The normalized spacial score (nSPS) is 15.6. The molecule has 1 aliphatic carbocycles. The van der Waals surface area contributed by atoms with Crippen molar-refractivity contribution in [1.82, 2.24) is 0 Å². The van der Waals surface area contributed by atoms with Crippen molar-refractivity contribution in [2.75, 3.05) is 0 Å². The minimum Gasteiger partial charge on any atom is -0.0943 e. The molecule has 0 saturated carbocycles. The Hall–Kier alpha value is -1.30. The van der Waals surface area contributed by atoms with Crippen molar-refractivity contribution in [3.8, 4) is 0 Å². The predicted octanol–water partition coefficient (Wildman–Crippen LogP) is 4.45. The molecule has 1 aliphatic rings. The predicted molar refractivity (Wildman–Crippen MR) is 66.6 cm³/mol. The maximum absolute atomic E-state index is 4.24. The Morgan fingerprint density at radius 1 is 1.07 bits per heavy atom. The Morgan fingerprint density at radius 3 is 2.07 bits per heavy atom. The molecule has 78 valence electrons. The van der Waals surface area contributed by atoms with Gasteiger partial charge in [0.05, 0.1) is 0 Å². The fraction of sp³-hybridized carbons (Fsp3) is 0.333. The lowest BCUT2D eigenvalue weighted by Gasteiger charge is -2.06. The number of rotatable bonds is 4. The van der Waals surface area contributed by atoms with Gasteiger partial charge in [-0.3, -0.25) is 0 Å². The summed E-state index contributed by atoms with van der Waals surface area (Å²) in [5, 5.41) is 0. The van der Waals surface area contributed by atoms with Crippen LogP contribution in [0.15, 0.2) is 48.1 Å². The van der Waals surface area contributed by atoms with E-state index in [1.165, 1.54) is 24.0 Å². The number of hydrogen-bond donors (Lipinski definition) is 0. The molecular formula is C15H18. The lowest BCUT2D eigenvalue weighted by atomic mass is 9.98. The molecule has 0 aromatic heterocycles. The maximum atomic E-state index is 4.24. The molecule has 0 aliphatic heterocycles. The van der Waals surface area contributed by atoms with Crippen LogP contribution in [-0.2, 0) is 0 Å². The zero-order valence-corrected chi connectivity index (χ0v) is 9.59. The van der Waals surface area contributed by atoms with E-state index in [9.17, 15) is 0 Å². The Labute approximate surface area is 92.3 Å². The van der Waals surface area contributed by atoms with Crippen LogP contribution in [0.4, 0.5) is 0 Å². The molecular weight excluding hydrogens is 180 g/mol. The highest BCUT2D eigenvalue weighted by atomic mass is 14.4. The first-order chi connectivity index (χ1) is 7.29. The van der Waals surface area contributed by atoms with E-state index in [-0.39, 0.29) is 0 Å². The second-order valence-electron chi connectivity index (χ2n) is 4.08. The summed E-state index contributed by atoms with van der Waals surface area (Å²) in [7, 11) is 0. The summed E-state index contributed by atoms with van der Waals surface area (Å²) >= 11 is 0. The smallest absolute Gasteiger partial charge is 0.0263 e.